The van der Waals surface area contributed by atoms with E-state index in [0.29, 0.717) is 19.5 Å². The Balaban J connectivity index is 1.74. The van der Waals surface area contributed by atoms with Crippen LogP contribution in [0.25, 0.3) is 0 Å². The number of carbonyl (C=O) groups is 1. The van der Waals surface area contributed by atoms with Crippen molar-refractivity contribution in [2.24, 2.45) is 0 Å². The molecule has 23 heavy (non-hydrogen) atoms. The summed E-state index contributed by atoms with van der Waals surface area (Å²) in [6, 6.07) is 14.8. The SMILES string of the molecule is O=C(O)c1cccc2c1OB(O)CC2COCc1ccccc1. The quantitative estimate of drug-likeness (QED) is 0.830. The van der Waals surface area contributed by atoms with Crippen molar-refractivity contribution in [3.8, 4) is 5.75 Å². The van der Waals surface area contributed by atoms with E-state index in [0.717, 1.165) is 11.1 Å². The molecule has 1 unspecified atom stereocenters. The van der Waals surface area contributed by atoms with Gasteiger partial charge in [0.1, 0.15) is 5.75 Å². The Hall–Kier alpha value is -2.31. The Morgan fingerprint density at radius 1 is 1.22 bits per heavy atom. The van der Waals surface area contributed by atoms with Crippen LogP contribution < -0.4 is 4.65 Å². The molecule has 0 aliphatic carbocycles. The summed E-state index contributed by atoms with van der Waals surface area (Å²) in [5.74, 6) is -0.927. The van der Waals surface area contributed by atoms with Gasteiger partial charge in [-0.05, 0) is 17.2 Å². The minimum atomic E-state index is -1.07. The predicted molar refractivity (Wildman–Crippen MR) is 85.6 cm³/mol. The van der Waals surface area contributed by atoms with Crippen LogP contribution in [0.4, 0.5) is 0 Å². The minimum absolute atomic E-state index is 0.0642. The summed E-state index contributed by atoms with van der Waals surface area (Å²) < 4.78 is 11.1. The van der Waals surface area contributed by atoms with Gasteiger partial charge in [0.25, 0.3) is 0 Å². The van der Waals surface area contributed by atoms with Crippen LogP contribution in [0.5, 0.6) is 5.75 Å². The first-order chi connectivity index (χ1) is 11.1. The van der Waals surface area contributed by atoms with E-state index >= 15 is 0 Å². The smallest absolute Gasteiger partial charge is 0.523 e. The van der Waals surface area contributed by atoms with Gasteiger partial charge in [-0.3, -0.25) is 0 Å². The molecule has 1 aliphatic heterocycles. The molecule has 2 N–H and O–H groups in total. The molecular weight excluding hydrogens is 295 g/mol. The fourth-order valence-corrected chi connectivity index (χ4v) is 2.78. The highest BCUT2D eigenvalue weighted by atomic mass is 16.5. The molecule has 0 radical (unpaired) electrons. The second-order valence-electron chi connectivity index (χ2n) is 5.53. The summed E-state index contributed by atoms with van der Waals surface area (Å²) in [6.45, 7) is 0.869. The molecule has 6 heteroatoms. The van der Waals surface area contributed by atoms with E-state index in [1.165, 1.54) is 6.07 Å². The minimum Gasteiger partial charge on any atom is -0.535 e. The predicted octanol–water partition coefficient (Wildman–Crippen LogP) is 2.56. The molecule has 0 fully saturated rings. The monoisotopic (exact) mass is 312 g/mol. The summed E-state index contributed by atoms with van der Waals surface area (Å²) >= 11 is 0. The average molecular weight is 312 g/mol. The molecule has 0 amide bonds. The van der Waals surface area contributed by atoms with Crippen molar-refractivity contribution in [2.45, 2.75) is 18.8 Å². The Labute approximate surface area is 134 Å². The van der Waals surface area contributed by atoms with Crippen molar-refractivity contribution in [1.29, 1.82) is 0 Å². The number of benzene rings is 2. The third kappa shape index (κ3) is 3.55. The molecule has 0 saturated carbocycles. The van der Waals surface area contributed by atoms with Crippen molar-refractivity contribution in [2.75, 3.05) is 6.61 Å². The number of para-hydroxylation sites is 1. The number of hydrogen-bond donors (Lipinski definition) is 2. The van der Waals surface area contributed by atoms with E-state index in [1.807, 2.05) is 36.4 Å². The number of hydrogen-bond acceptors (Lipinski definition) is 4. The Morgan fingerprint density at radius 2 is 2.00 bits per heavy atom. The molecule has 1 heterocycles. The lowest BCUT2D eigenvalue weighted by Crippen LogP contribution is -2.32. The lowest BCUT2D eigenvalue weighted by Gasteiger charge is -2.28. The summed E-state index contributed by atoms with van der Waals surface area (Å²) in [5.41, 5.74) is 1.90. The van der Waals surface area contributed by atoms with Crippen molar-refractivity contribution in [3.63, 3.8) is 0 Å². The summed E-state index contributed by atoms with van der Waals surface area (Å²) in [7, 11) is -1.02. The normalized spacial score (nSPS) is 16.6. The van der Waals surface area contributed by atoms with E-state index in [1.54, 1.807) is 6.07 Å². The topological polar surface area (TPSA) is 76.0 Å². The molecule has 0 saturated heterocycles. The van der Waals surface area contributed by atoms with Gasteiger partial charge in [0.05, 0.1) is 18.8 Å². The number of rotatable bonds is 5. The van der Waals surface area contributed by atoms with E-state index < -0.39 is 13.1 Å². The molecule has 0 bridgehead atoms. The maximum absolute atomic E-state index is 11.3. The van der Waals surface area contributed by atoms with E-state index in [-0.39, 0.29) is 17.2 Å². The number of carboxylic acid groups (broad SMARTS) is 1. The fourth-order valence-electron chi connectivity index (χ4n) is 2.78. The van der Waals surface area contributed by atoms with E-state index in [4.69, 9.17) is 9.39 Å². The highest BCUT2D eigenvalue weighted by Gasteiger charge is 2.34. The maximum atomic E-state index is 11.3. The third-order valence-corrected chi connectivity index (χ3v) is 3.89. The van der Waals surface area contributed by atoms with Crippen molar-refractivity contribution >= 4 is 13.1 Å². The second kappa shape index (κ2) is 6.85. The fraction of sp³-hybridized carbons (Fsp3) is 0.235. The molecule has 1 aliphatic rings. The van der Waals surface area contributed by atoms with Crippen LogP contribution in [0.3, 0.4) is 0 Å². The molecule has 0 spiro atoms. The first-order valence-electron chi connectivity index (χ1n) is 7.47. The third-order valence-electron chi connectivity index (χ3n) is 3.89. The summed E-state index contributed by atoms with van der Waals surface area (Å²) in [5, 5.41) is 19.1. The van der Waals surface area contributed by atoms with Crippen LogP contribution in [-0.2, 0) is 11.3 Å². The van der Waals surface area contributed by atoms with Gasteiger partial charge >= 0.3 is 13.1 Å². The van der Waals surface area contributed by atoms with Gasteiger partial charge in [0.2, 0.25) is 0 Å². The van der Waals surface area contributed by atoms with Crippen LogP contribution in [-0.4, -0.2) is 29.8 Å². The summed E-state index contributed by atoms with van der Waals surface area (Å²) in [4.78, 5) is 11.3. The van der Waals surface area contributed by atoms with Crippen LogP contribution in [0.15, 0.2) is 48.5 Å². The number of ether oxygens (including phenoxy) is 1. The zero-order chi connectivity index (χ0) is 16.2. The van der Waals surface area contributed by atoms with Crippen molar-refractivity contribution in [3.05, 3.63) is 65.2 Å². The van der Waals surface area contributed by atoms with Gasteiger partial charge in [-0.25, -0.2) is 4.79 Å². The highest BCUT2D eigenvalue weighted by molar-refractivity contribution is 6.44. The van der Waals surface area contributed by atoms with Crippen LogP contribution in [0.2, 0.25) is 6.32 Å². The van der Waals surface area contributed by atoms with E-state index in [9.17, 15) is 14.9 Å². The van der Waals surface area contributed by atoms with Gasteiger partial charge in [-0.1, -0.05) is 42.5 Å². The average Bonchev–Trinajstić information content (AvgIpc) is 2.55. The second-order valence-corrected chi connectivity index (χ2v) is 5.53. The number of carboxylic acids is 1. The van der Waals surface area contributed by atoms with Crippen LogP contribution >= 0.6 is 0 Å². The summed E-state index contributed by atoms with van der Waals surface area (Å²) in [6.07, 6.45) is 0.380. The molecule has 1 atom stereocenters. The Kier molecular flexibility index (Phi) is 4.64. The van der Waals surface area contributed by atoms with Gasteiger partial charge in [0, 0.05) is 12.2 Å². The molecule has 2 aromatic rings. The van der Waals surface area contributed by atoms with E-state index in [2.05, 4.69) is 0 Å². The molecule has 5 nitrogen and oxygen atoms in total. The molecular formula is C17H17BO5. The lowest BCUT2D eigenvalue weighted by atomic mass is 9.72. The van der Waals surface area contributed by atoms with Gasteiger partial charge in [-0.2, -0.15) is 0 Å². The zero-order valence-electron chi connectivity index (χ0n) is 12.5. The Bertz CT molecular complexity index is 689. The standard InChI is InChI=1S/C17H17BO5/c19-17(20)15-8-4-7-14-13(9-18(21)23-16(14)15)11-22-10-12-5-2-1-3-6-12/h1-8,13,21H,9-11H2,(H,19,20). The number of fused-ring (bicyclic) bond motifs is 1. The Morgan fingerprint density at radius 3 is 2.74 bits per heavy atom. The van der Waals surface area contributed by atoms with Crippen LogP contribution in [0.1, 0.15) is 27.4 Å². The van der Waals surface area contributed by atoms with Gasteiger partial charge < -0.3 is 19.5 Å². The molecule has 0 aromatic heterocycles. The molecule has 3 rings (SSSR count). The molecule has 2 aromatic carbocycles. The first kappa shape index (κ1) is 15.6. The number of aromatic carboxylic acids is 1. The molecule has 118 valence electrons. The van der Waals surface area contributed by atoms with Crippen molar-refractivity contribution in [1.82, 2.24) is 0 Å². The largest absolute Gasteiger partial charge is 0.535 e. The highest BCUT2D eigenvalue weighted by Crippen LogP contribution is 2.38. The zero-order valence-corrected chi connectivity index (χ0v) is 12.5. The van der Waals surface area contributed by atoms with Gasteiger partial charge in [0.15, 0.2) is 0 Å². The maximum Gasteiger partial charge on any atom is 0.523 e. The van der Waals surface area contributed by atoms with Gasteiger partial charge in [-0.15, -0.1) is 0 Å². The lowest BCUT2D eigenvalue weighted by molar-refractivity contribution is 0.0693. The first-order valence-corrected chi connectivity index (χ1v) is 7.47. The van der Waals surface area contributed by atoms with Crippen LogP contribution in [0, 0.1) is 0 Å². The van der Waals surface area contributed by atoms with Crippen molar-refractivity contribution < 1.29 is 24.3 Å².